The molecular formula is C29H38N2O7. The van der Waals surface area contributed by atoms with Crippen molar-refractivity contribution >= 4 is 17.6 Å². The number of unbranched alkanes of at least 4 members (excludes halogenated alkanes) is 2. The van der Waals surface area contributed by atoms with Crippen molar-refractivity contribution in [3.8, 4) is 0 Å². The van der Waals surface area contributed by atoms with Gasteiger partial charge < -0.3 is 29.7 Å². The van der Waals surface area contributed by atoms with Crippen molar-refractivity contribution in [2.24, 2.45) is 0 Å². The van der Waals surface area contributed by atoms with Crippen molar-refractivity contribution in [1.29, 1.82) is 0 Å². The maximum atomic E-state index is 12.3. The predicted octanol–water partition coefficient (Wildman–Crippen LogP) is 4.03. The lowest BCUT2D eigenvalue weighted by molar-refractivity contribution is -0.253. The fourth-order valence-corrected chi connectivity index (χ4v) is 4.79. The summed E-state index contributed by atoms with van der Waals surface area (Å²) in [6.07, 6.45) is 2.47. The highest BCUT2D eigenvalue weighted by atomic mass is 16.7. The molecule has 9 heteroatoms. The molecule has 2 aromatic rings. The van der Waals surface area contributed by atoms with Crippen LogP contribution in [0.2, 0.25) is 0 Å². The minimum absolute atomic E-state index is 0.00477. The average molecular weight is 527 g/mol. The summed E-state index contributed by atoms with van der Waals surface area (Å²) in [6, 6.07) is 15.4. The fraction of sp³-hybridized carbons (Fsp3) is 0.517. The van der Waals surface area contributed by atoms with Crippen LogP contribution in [0.4, 0.5) is 5.69 Å². The summed E-state index contributed by atoms with van der Waals surface area (Å²) in [4.78, 5) is 25.2. The largest absolute Gasteiger partial charge is 0.481 e. The zero-order chi connectivity index (χ0) is 26.7. The number of anilines is 1. The lowest BCUT2D eigenvalue weighted by atomic mass is 9.99. The van der Waals surface area contributed by atoms with Gasteiger partial charge in [-0.1, -0.05) is 42.8 Å². The van der Waals surface area contributed by atoms with Gasteiger partial charge in [0.1, 0.15) is 0 Å². The van der Waals surface area contributed by atoms with Crippen LogP contribution in [0.5, 0.6) is 0 Å². The highest BCUT2D eigenvalue weighted by Crippen LogP contribution is 2.38. The van der Waals surface area contributed by atoms with Crippen LogP contribution in [0.3, 0.4) is 0 Å². The molecule has 2 aromatic carbocycles. The van der Waals surface area contributed by atoms with Crippen LogP contribution in [0.25, 0.3) is 0 Å². The number of hydrogen-bond acceptors (Lipinski definition) is 7. The van der Waals surface area contributed by atoms with E-state index in [0.29, 0.717) is 31.4 Å². The predicted molar refractivity (Wildman–Crippen MR) is 141 cm³/mol. The number of hydrogen-bond donors (Lipinski definition) is 3. The van der Waals surface area contributed by atoms with Crippen molar-refractivity contribution in [2.75, 3.05) is 38.2 Å². The third-order valence-electron chi connectivity index (χ3n) is 6.94. The Morgan fingerprint density at radius 3 is 2.26 bits per heavy atom. The van der Waals surface area contributed by atoms with Crippen LogP contribution < -0.4 is 5.32 Å². The summed E-state index contributed by atoms with van der Waals surface area (Å²) >= 11 is 0. The summed E-state index contributed by atoms with van der Waals surface area (Å²) in [5.41, 5.74) is 3.48. The van der Waals surface area contributed by atoms with Gasteiger partial charge in [-0.2, -0.15) is 0 Å². The van der Waals surface area contributed by atoms with E-state index in [1.165, 1.54) is 0 Å². The van der Waals surface area contributed by atoms with E-state index < -0.39 is 12.3 Å². The molecule has 0 radical (unpaired) electrons. The molecule has 206 valence electrons. The molecule has 4 rings (SSSR count). The Balaban J connectivity index is 1.37. The van der Waals surface area contributed by atoms with Gasteiger partial charge in [0.25, 0.3) is 0 Å². The zero-order valence-electron chi connectivity index (χ0n) is 21.7. The second-order valence-electron chi connectivity index (χ2n) is 9.89. The summed E-state index contributed by atoms with van der Waals surface area (Å²) < 4.78 is 18.3. The molecule has 2 saturated heterocycles. The molecule has 3 unspecified atom stereocenters. The average Bonchev–Trinajstić information content (AvgIpc) is 2.93. The standard InChI is InChI=1S/C29H38N2O7/c32-20-21-6-8-22(9-7-21)26-18-25(19-31-14-16-36-17-15-31)37-29(38-26)23-10-12-24(13-11-23)30-27(33)4-2-1-3-5-28(34)35/h6-13,25-26,29,32H,1-5,14-20H2,(H,30,33)(H,34,35). The van der Waals surface area contributed by atoms with Gasteiger partial charge in [0.05, 0.1) is 32.0 Å². The fourth-order valence-electron chi connectivity index (χ4n) is 4.79. The molecule has 0 spiro atoms. The number of benzene rings is 2. The molecule has 0 aliphatic carbocycles. The second-order valence-corrected chi connectivity index (χ2v) is 9.89. The minimum atomic E-state index is -0.807. The van der Waals surface area contributed by atoms with Gasteiger partial charge in [0, 0.05) is 50.1 Å². The van der Waals surface area contributed by atoms with Gasteiger partial charge in [-0.3, -0.25) is 14.5 Å². The highest BCUT2D eigenvalue weighted by molar-refractivity contribution is 5.90. The molecular weight excluding hydrogens is 488 g/mol. The number of ether oxygens (including phenoxy) is 3. The number of nitrogens with one attached hydrogen (secondary N) is 1. The third kappa shape index (κ3) is 8.61. The zero-order valence-corrected chi connectivity index (χ0v) is 21.7. The van der Waals surface area contributed by atoms with Gasteiger partial charge in [0.15, 0.2) is 6.29 Å². The number of aliphatic hydroxyl groups is 1. The SMILES string of the molecule is O=C(O)CCCCCC(=O)Nc1ccc(C2OC(CN3CCOCC3)CC(c3ccc(CO)cc3)O2)cc1. The van der Waals surface area contributed by atoms with E-state index in [1.807, 2.05) is 48.5 Å². The molecule has 38 heavy (non-hydrogen) atoms. The normalized spacial score (nSPS) is 22.2. The van der Waals surface area contributed by atoms with Crippen LogP contribution in [-0.4, -0.2) is 65.9 Å². The molecule has 9 nitrogen and oxygen atoms in total. The Morgan fingerprint density at radius 2 is 1.58 bits per heavy atom. The first kappa shape index (κ1) is 28.2. The van der Waals surface area contributed by atoms with E-state index in [9.17, 15) is 14.7 Å². The Hall–Kier alpha value is -2.82. The number of carboxylic acid groups (broad SMARTS) is 1. The lowest BCUT2D eigenvalue weighted by Crippen LogP contribution is -2.44. The van der Waals surface area contributed by atoms with Crippen LogP contribution in [-0.2, 0) is 30.4 Å². The molecule has 2 heterocycles. The highest BCUT2D eigenvalue weighted by Gasteiger charge is 2.33. The Bertz CT molecular complexity index is 1020. The van der Waals surface area contributed by atoms with Crippen LogP contribution >= 0.6 is 0 Å². The third-order valence-corrected chi connectivity index (χ3v) is 6.94. The van der Waals surface area contributed by atoms with E-state index >= 15 is 0 Å². The summed E-state index contributed by atoms with van der Waals surface area (Å²) in [7, 11) is 0. The Morgan fingerprint density at radius 1 is 0.895 bits per heavy atom. The minimum Gasteiger partial charge on any atom is -0.481 e. The quantitative estimate of drug-likeness (QED) is 0.355. The van der Waals surface area contributed by atoms with Crippen LogP contribution in [0.15, 0.2) is 48.5 Å². The summed E-state index contributed by atoms with van der Waals surface area (Å²) in [6.45, 7) is 4.03. The number of carboxylic acids is 1. The van der Waals surface area contributed by atoms with E-state index in [4.69, 9.17) is 19.3 Å². The number of nitrogens with zero attached hydrogens (tertiary/aromatic N) is 1. The first-order valence-corrected chi connectivity index (χ1v) is 13.4. The van der Waals surface area contributed by atoms with E-state index in [2.05, 4.69) is 10.2 Å². The molecule has 2 aliphatic rings. The number of carbonyl (C=O) groups excluding carboxylic acids is 1. The number of aliphatic carboxylic acids is 1. The number of morpholine rings is 1. The van der Waals surface area contributed by atoms with Crippen molar-refractivity contribution < 1.29 is 34.0 Å². The number of amides is 1. The van der Waals surface area contributed by atoms with Gasteiger partial charge >= 0.3 is 5.97 Å². The molecule has 2 aliphatic heterocycles. The molecule has 0 saturated carbocycles. The second kappa shape index (κ2) is 14.4. The molecule has 0 aromatic heterocycles. The first-order chi connectivity index (χ1) is 18.5. The smallest absolute Gasteiger partial charge is 0.303 e. The lowest BCUT2D eigenvalue weighted by Gasteiger charge is -2.39. The molecule has 2 fully saturated rings. The van der Waals surface area contributed by atoms with Crippen LogP contribution in [0, 0.1) is 0 Å². The molecule has 3 atom stereocenters. The number of rotatable bonds is 12. The summed E-state index contributed by atoms with van der Waals surface area (Å²) in [5, 5.41) is 21.0. The van der Waals surface area contributed by atoms with Crippen molar-refractivity contribution in [3.63, 3.8) is 0 Å². The van der Waals surface area contributed by atoms with E-state index in [1.54, 1.807) is 0 Å². The first-order valence-electron chi connectivity index (χ1n) is 13.4. The topological polar surface area (TPSA) is 118 Å². The number of carbonyl (C=O) groups is 2. The summed E-state index contributed by atoms with van der Waals surface area (Å²) in [5.74, 6) is -0.894. The van der Waals surface area contributed by atoms with Crippen molar-refractivity contribution in [3.05, 3.63) is 65.2 Å². The van der Waals surface area contributed by atoms with Crippen molar-refractivity contribution in [1.82, 2.24) is 4.90 Å². The monoisotopic (exact) mass is 526 g/mol. The molecule has 1 amide bonds. The van der Waals surface area contributed by atoms with Crippen molar-refractivity contribution in [2.45, 2.75) is 63.6 Å². The van der Waals surface area contributed by atoms with E-state index in [0.717, 1.165) is 56.0 Å². The van der Waals surface area contributed by atoms with Gasteiger partial charge in [0.2, 0.25) is 5.91 Å². The van der Waals surface area contributed by atoms with Crippen LogP contribution in [0.1, 0.15) is 67.6 Å². The van der Waals surface area contributed by atoms with Gasteiger partial charge in [-0.05, 0) is 36.1 Å². The molecule has 3 N–H and O–H groups in total. The Kier molecular flexibility index (Phi) is 10.7. The molecule has 0 bridgehead atoms. The van der Waals surface area contributed by atoms with E-state index in [-0.39, 0.29) is 31.1 Å². The maximum Gasteiger partial charge on any atom is 0.303 e. The number of aliphatic hydroxyl groups excluding tert-OH is 1. The van der Waals surface area contributed by atoms with Gasteiger partial charge in [-0.15, -0.1) is 0 Å². The van der Waals surface area contributed by atoms with Gasteiger partial charge in [-0.25, -0.2) is 0 Å². The maximum absolute atomic E-state index is 12.3. The Labute approximate surface area is 223 Å².